The zero-order valence-corrected chi connectivity index (χ0v) is 14.5. The van der Waals surface area contributed by atoms with Crippen LogP contribution in [0.2, 0.25) is 0 Å². The fourth-order valence-electron chi connectivity index (χ4n) is 2.25. The number of rotatable bonds is 4. The number of amides is 2. The third kappa shape index (κ3) is 4.69. The predicted octanol–water partition coefficient (Wildman–Crippen LogP) is 2.18. The van der Waals surface area contributed by atoms with Crippen LogP contribution in [0.4, 0.5) is 4.79 Å². The third-order valence-corrected chi connectivity index (χ3v) is 4.04. The number of hydrogen-bond acceptors (Lipinski definition) is 6. The predicted molar refractivity (Wildman–Crippen MR) is 87.6 cm³/mol. The molecule has 2 N–H and O–H groups in total. The van der Waals surface area contributed by atoms with Crippen LogP contribution in [0.15, 0.2) is 16.6 Å². The van der Waals surface area contributed by atoms with Crippen LogP contribution in [0.3, 0.4) is 0 Å². The highest BCUT2D eigenvalue weighted by atomic mass is 32.1. The molecule has 1 aromatic heterocycles. The first-order chi connectivity index (χ1) is 10.8. The highest BCUT2D eigenvalue weighted by Crippen LogP contribution is 2.35. The number of carbonyl (C=O) groups excluding carboxylic acids is 2. The lowest BCUT2D eigenvalue weighted by Gasteiger charge is -2.20. The van der Waals surface area contributed by atoms with Crippen molar-refractivity contribution in [3.05, 3.63) is 21.9 Å². The van der Waals surface area contributed by atoms with Crippen molar-refractivity contribution >= 4 is 29.0 Å². The normalized spacial score (nSPS) is 18.4. The lowest BCUT2D eigenvalue weighted by atomic mass is 10.2. The average Bonchev–Trinajstić information content (AvgIpc) is 3.00. The molecule has 0 spiro atoms. The number of hydrogen-bond donors (Lipinski definition) is 2. The summed E-state index contributed by atoms with van der Waals surface area (Å²) >= 11 is 1.56. The third-order valence-electron chi connectivity index (χ3n) is 3.06. The standard InChI is InChI=1S/C15H21N3O4S/c1-15(2,3)22-14(20)16-8-12(19)17-10-7-11(18-21-4)13-9(10)5-6-23-13/h5-6,10H,7-8H2,1-4H3,(H,16,20)(H,17,19)/b18-11-. The molecule has 1 aromatic rings. The molecule has 1 heterocycles. The van der Waals surface area contributed by atoms with Crippen molar-refractivity contribution in [2.24, 2.45) is 5.16 Å². The Labute approximate surface area is 139 Å². The van der Waals surface area contributed by atoms with Gasteiger partial charge in [-0.1, -0.05) is 5.16 Å². The molecule has 2 rings (SSSR count). The Morgan fingerprint density at radius 3 is 2.83 bits per heavy atom. The van der Waals surface area contributed by atoms with E-state index in [2.05, 4.69) is 15.8 Å². The number of carbonyl (C=O) groups is 2. The van der Waals surface area contributed by atoms with Gasteiger partial charge in [0.15, 0.2) is 0 Å². The van der Waals surface area contributed by atoms with Crippen LogP contribution in [0.25, 0.3) is 0 Å². The van der Waals surface area contributed by atoms with Gasteiger partial charge in [-0.3, -0.25) is 4.79 Å². The van der Waals surface area contributed by atoms with Gasteiger partial charge < -0.3 is 20.2 Å². The largest absolute Gasteiger partial charge is 0.444 e. The molecule has 1 aliphatic carbocycles. The summed E-state index contributed by atoms with van der Waals surface area (Å²) in [6, 6.07) is 1.81. The van der Waals surface area contributed by atoms with E-state index in [4.69, 9.17) is 9.57 Å². The van der Waals surface area contributed by atoms with Crippen LogP contribution < -0.4 is 10.6 Å². The van der Waals surface area contributed by atoms with Gasteiger partial charge in [0.05, 0.1) is 16.6 Å². The number of nitrogens with zero attached hydrogens (tertiary/aromatic N) is 1. The Kier molecular flexibility index (Phi) is 5.25. The lowest BCUT2D eigenvalue weighted by Crippen LogP contribution is -2.40. The topological polar surface area (TPSA) is 89.0 Å². The Bertz CT molecular complexity index is 618. The molecule has 1 aliphatic rings. The summed E-state index contributed by atoms with van der Waals surface area (Å²) in [4.78, 5) is 29.4. The Morgan fingerprint density at radius 1 is 1.43 bits per heavy atom. The molecule has 1 unspecified atom stereocenters. The van der Waals surface area contributed by atoms with Crippen molar-refractivity contribution < 1.29 is 19.2 Å². The lowest BCUT2D eigenvalue weighted by molar-refractivity contribution is -0.121. The van der Waals surface area contributed by atoms with Crippen molar-refractivity contribution in [2.45, 2.75) is 38.8 Å². The van der Waals surface area contributed by atoms with Gasteiger partial charge in [-0.25, -0.2) is 4.79 Å². The number of alkyl carbamates (subject to hydrolysis) is 1. The van der Waals surface area contributed by atoms with Gasteiger partial charge in [0.25, 0.3) is 0 Å². The molecule has 23 heavy (non-hydrogen) atoms. The van der Waals surface area contributed by atoms with E-state index in [0.717, 1.165) is 16.2 Å². The van der Waals surface area contributed by atoms with E-state index in [1.165, 1.54) is 7.11 Å². The maximum atomic E-state index is 12.0. The van der Waals surface area contributed by atoms with Crippen LogP contribution in [-0.2, 0) is 14.4 Å². The van der Waals surface area contributed by atoms with Crippen molar-refractivity contribution in [1.29, 1.82) is 0 Å². The second-order valence-electron chi connectivity index (χ2n) is 6.11. The molecule has 0 aromatic carbocycles. The SMILES string of the molecule is CO/N=C1/CC(NC(=O)CNC(=O)OC(C)(C)C)c2ccsc21. The van der Waals surface area contributed by atoms with Crippen LogP contribution in [0.5, 0.6) is 0 Å². The number of oxime groups is 1. The molecule has 0 saturated carbocycles. The second-order valence-corrected chi connectivity index (χ2v) is 7.02. The number of nitrogens with one attached hydrogen (secondary N) is 2. The molecule has 0 bridgehead atoms. The quantitative estimate of drug-likeness (QED) is 0.823. The Morgan fingerprint density at radius 2 is 2.17 bits per heavy atom. The van der Waals surface area contributed by atoms with Crippen LogP contribution in [-0.4, -0.2) is 37.0 Å². The van der Waals surface area contributed by atoms with E-state index in [0.29, 0.717) is 6.42 Å². The smallest absolute Gasteiger partial charge is 0.408 e. The molecular weight excluding hydrogens is 318 g/mol. The zero-order chi connectivity index (χ0) is 17.0. The molecule has 1 atom stereocenters. The second kappa shape index (κ2) is 6.99. The highest BCUT2D eigenvalue weighted by molar-refractivity contribution is 7.12. The monoisotopic (exact) mass is 339 g/mol. The molecule has 8 heteroatoms. The maximum absolute atomic E-state index is 12.0. The maximum Gasteiger partial charge on any atom is 0.408 e. The van der Waals surface area contributed by atoms with Gasteiger partial charge in [-0.15, -0.1) is 11.3 Å². The number of fused-ring (bicyclic) bond motifs is 1. The molecule has 2 amide bonds. The summed E-state index contributed by atoms with van der Waals surface area (Å²) in [5.74, 6) is -0.281. The molecule has 7 nitrogen and oxygen atoms in total. The molecule has 126 valence electrons. The van der Waals surface area contributed by atoms with Crippen molar-refractivity contribution in [1.82, 2.24) is 10.6 Å². The summed E-state index contributed by atoms with van der Waals surface area (Å²) in [5.41, 5.74) is 1.25. The van der Waals surface area contributed by atoms with E-state index in [1.54, 1.807) is 32.1 Å². The van der Waals surface area contributed by atoms with Crippen LogP contribution >= 0.6 is 11.3 Å². The summed E-state index contributed by atoms with van der Waals surface area (Å²) < 4.78 is 5.09. The van der Waals surface area contributed by atoms with Gasteiger partial charge in [0.2, 0.25) is 5.91 Å². The minimum Gasteiger partial charge on any atom is -0.444 e. The first kappa shape index (κ1) is 17.3. The molecule has 0 fully saturated rings. The molecule has 0 radical (unpaired) electrons. The Hall–Kier alpha value is -2.09. The summed E-state index contributed by atoms with van der Waals surface area (Å²) in [6.45, 7) is 5.15. The summed E-state index contributed by atoms with van der Waals surface area (Å²) in [7, 11) is 1.50. The van der Waals surface area contributed by atoms with Crippen molar-refractivity contribution in [3.63, 3.8) is 0 Å². The van der Waals surface area contributed by atoms with E-state index < -0.39 is 11.7 Å². The minimum atomic E-state index is -0.614. The number of ether oxygens (including phenoxy) is 1. The van der Waals surface area contributed by atoms with Gasteiger partial charge >= 0.3 is 6.09 Å². The zero-order valence-electron chi connectivity index (χ0n) is 13.6. The van der Waals surface area contributed by atoms with Gasteiger partial charge in [-0.2, -0.15) is 0 Å². The van der Waals surface area contributed by atoms with E-state index in [1.807, 2.05) is 11.4 Å². The van der Waals surface area contributed by atoms with Gasteiger partial charge in [0.1, 0.15) is 19.3 Å². The fraction of sp³-hybridized carbons (Fsp3) is 0.533. The first-order valence-electron chi connectivity index (χ1n) is 7.24. The number of thiophene rings is 1. The molecule has 0 saturated heterocycles. The van der Waals surface area contributed by atoms with E-state index >= 15 is 0 Å². The fourth-order valence-corrected chi connectivity index (χ4v) is 3.21. The first-order valence-corrected chi connectivity index (χ1v) is 8.12. The summed E-state index contributed by atoms with van der Waals surface area (Å²) in [6.07, 6.45) is -0.0365. The minimum absolute atomic E-state index is 0.137. The molecule has 0 aliphatic heterocycles. The van der Waals surface area contributed by atoms with Crippen LogP contribution in [0.1, 0.15) is 43.7 Å². The van der Waals surface area contributed by atoms with Crippen molar-refractivity contribution in [3.8, 4) is 0 Å². The van der Waals surface area contributed by atoms with E-state index in [-0.39, 0.29) is 18.5 Å². The summed E-state index contributed by atoms with van der Waals surface area (Å²) in [5, 5.41) is 11.3. The molecular formula is C15H21N3O4S. The van der Waals surface area contributed by atoms with Gasteiger partial charge in [0, 0.05) is 6.42 Å². The van der Waals surface area contributed by atoms with E-state index in [9.17, 15) is 9.59 Å². The average molecular weight is 339 g/mol. The van der Waals surface area contributed by atoms with Crippen LogP contribution in [0, 0.1) is 0 Å². The van der Waals surface area contributed by atoms with Gasteiger partial charge in [-0.05, 0) is 37.8 Å². The Balaban J connectivity index is 1.87. The highest BCUT2D eigenvalue weighted by Gasteiger charge is 2.30. The van der Waals surface area contributed by atoms with Crippen molar-refractivity contribution in [2.75, 3.05) is 13.7 Å².